The molecule has 0 aromatic carbocycles. The van der Waals surface area contributed by atoms with Crippen LogP contribution in [0.1, 0.15) is 63.8 Å². The maximum absolute atomic E-state index is 12.1. The number of ether oxygens (including phenoxy) is 1. The number of carbonyl (C=O) groups is 1. The number of carbonyl (C=O) groups excluding carboxylic acids is 1. The Labute approximate surface area is 155 Å². The Morgan fingerprint density at radius 1 is 1.31 bits per heavy atom. The van der Waals surface area contributed by atoms with Crippen molar-refractivity contribution in [2.45, 2.75) is 71.8 Å². The van der Waals surface area contributed by atoms with Gasteiger partial charge in [0.1, 0.15) is 5.82 Å². The van der Waals surface area contributed by atoms with Crippen molar-refractivity contribution < 1.29 is 9.53 Å². The van der Waals surface area contributed by atoms with Crippen LogP contribution in [0.25, 0.3) is 5.65 Å². The number of hydrogen-bond donors (Lipinski definition) is 0. The van der Waals surface area contributed by atoms with E-state index in [4.69, 9.17) is 9.84 Å². The van der Waals surface area contributed by atoms with Crippen molar-refractivity contribution in [2.24, 2.45) is 0 Å². The Morgan fingerprint density at radius 3 is 2.92 bits per heavy atom. The minimum Gasteiger partial charge on any atom is -0.466 e. The van der Waals surface area contributed by atoms with Crippen molar-refractivity contribution in [3.8, 4) is 0 Å². The molecule has 0 aliphatic carbocycles. The average molecular weight is 358 g/mol. The summed E-state index contributed by atoms with van der Waals surface area (Å²) in [6.45, 7) is 7.44. The highest BCUT2D eigenvalue weighted by Crippen LogP contribution is 2.28. The summed E-state index contributed by atoms with van der Waals surface area (Å²) in [5.74, 6) is 0.930. The summed E-state index contributed by atoms with van der Waals surface area (Å²) in [6.07, 6.45) is 6.98. The third kappa shape index (κ3) is 4.17. The van der Waals surface area contributed by atoms with E-state index in [9.17, 15) is 4.79 Å². The average Bonchev–Trinajstić information content (AvgIpc) is 3.02. The van der Waals surface area contributed by atoms with Gasteiger partial charge in [0.2, 0.25) is 0 Å². The molecule has 0 N–H and O–H groups in total. The van der Waals surface area contributed by atoms with E-state index >= 15 is 0 Å². The van der Waals surface area contributed by atoms with E-state index in [1.807, 2.05) is 18.4 Å². The van der Waals surface area contributed by atoms with Gasteiger partial charge in [0.05, 0.1) is 18.7 Å². The summed E-state index contributed by atoms with van der Waals surface area (Å²) in [7, 11) is 0. The smallest absolute Gasteiger partial charge is 0.307 e. The Kier molecular flexibility index (Phi) is 6.12. The lowest BCUT2D eigenvalue weighted by Gasteiger charge is -2.37. The van der Waals surface area contributed by atoms with Gasteiger partial charge in [-0.1, -0.05) is 13.3 Å². The molecule has 3 heterocycles. The van der Waals surface area contributed by atoms with Gasteiger partial charge in [-0.15, -0.1) is 0 Å². The van der Waals surface area contributed by atoms with E-state index in [2.05, 4.69) is 28.9 Å². The first-order valence-electron chi connectivity index (χ1n) is 9.91. The summed E-state index contributed by atoms with van der Waals surface area (Å²) < 4.78 is 7.15. The van der Waals surface area contributed by atoms with Gasteiger partial charge < -0.3 is 9.64 Å². The van der Waals surface area contributed by atoms with Crippen LogP contribution < -0.4 is 4.90 Å². The van der Waals surface area contributed by atoms with Gasteiger partial charge in [-0.25, -0.2) is 4.98 Å². The van der Waals surface area contributed by atoms with Crippen molar-refractivity contribution in [3.05, 3.63) is 23.5 Å². The predicted octanol–water partition coefficient (Wildman–Crippen LogP) is 3.69. The fourth-order valence-electron chi connectivity index (χ4n) is 3.74. The van der Waals surface area contributed by atoms with Crippen LogP contribution in [0.2, 0.25) is 0 Å². The van der Waals surface area contributed by atoms with E-state index < -0.39 is 0 Å². The fraction of sp³-hybridized carbons (Fsp3) is 0.650. The molecular formula is C20H30N4O2. The van der Waals surface area contributed by atoms with Gasteiger partial charge in [0, 0.05) is 30.4 Å². The SMILES string of the molecule is CCCCc1cc2nc(C)cc(N3CCCCC3CC(=O)OCC)n2n1. The van der Waals surface area contributed by atoms with Gasteiger partial charge in [0.15, 0.2) is 5.65 Å². The van der Waals surface area contributed by atoms with Crippen LogP contribution in [0.4, 0.5) is 5.82 Å². The molecule has 142 valence electrons. The molecule has 26 heavy (non-hydrogen) atoms. The molecule has 1 aliphatic rings. The first-order chi connectivity index (χ1) is 12.6. The number of unbranched alkanes of at least 4 members (excludes halogenated alkanes) is 1. The van der Waals surface area contributed by atoms with Crippen molar-refractivity contribution in [1.82, 2.24) is 14.6 Å². The normalized spacial score (nSPS) is 17.7. The van der Waals surface area contributed by atoms with Gasteiger partial charge in [-0.3, -0.25) is 4.79 Å². The molecule has 1 saturated heterocycles. The zero-order chi connectivity index (χ0) is 18.5. The highest BCUT2D eigenvalue weighted by Gasteiger charge is 2.27. The van der Waals surface area contributed by atoms with Crippen LogP contribution in [-0.4, -0.2) is 39.8 Å². The lowest BCUT2D eigenvalue weighted by Crippen LogP contribution is -2.42. The van der Waals surface area contributed by atoms with Crippen LogP contribution in [-0.2, 0) is 16.0 Å². The second-order valence-electron chi connectivity index (χ2n) is 7.12. The lowest BCUT2D eigenvalue weighted by molar-refractivity contribution is -0.143. The van der Waals surface area contributed by atoms with Crippen LogP contribution in [0, 0.1) is 6.92 Å². The molecule has 0 spiro atoms. The molecule has 3 rings (SSSR count). The van der Waals surface area contributed by atoms with E-state index in [0.29, 0.717) is 13.0 Å². The molecule has 0 bridgehead atoms. The Morgan fingerprint density at radius 2 is 2.15 bits per heavy atom. The van der Waals surface area contributed by atoms with Crippen LogP contribution in [0.15, 0.2) is 12.1 Å². The second kappa shape index (κ2) is 8.52. The number of esters is 1. The zero-order valence-electron chi connectivity index (χ0n) is 16.2. The summed E-state index contributed by atoms with van der Waals surface area (Å²) in [4.78, 5) is 19.0. The molecule has 1 atom stereocenters. The first kappa shape index (κ1) is 18.7. The van der Waals surface area contributed by atoms with E-state index in [1.54, 1.807) is 0 Å². The van der Waals surface area contributed by atoms with Gasteiger partial charge in [-0.05, 0) is 46.0 Å². The van der Waals surface area contributed by atoms with Crippen molar-refractivity contribution in [2.75, 3.05) is 18.1 Å². The molecule has 2 aromatic rings. The van der Waals surface area contributed by atoms with Crippen molar-refractivity contribution in [3.63, 3.8) is 0 Å². The molecule has 0 amide bonds. The summed E-state index contributed by atoms with van der Waals surface area (Å²) >= 11 is 0. The number of piperidine rings is 1. The minimum atomic E-state index is -0.115. The van der Waals surface area contributed by atoms with E-state index in [0.717, 1.165) is 67.9 Å². The predicted molar refractivity (Wildman–Crippen MR) is 103 cm³/mol. The minimum absolute atomic E-state index is 0.115. The van der Waals surface area contributed by atoms with Crippen LogP contribution in [0.3, 0.4) is 0 Å². The molecule has 1 aliphatic heterocycles. The van der Waals surface area contributed by atoms with E-state index in [1.165, 1.54) is 0 Å². The number of aromatic nitrogens is 3. The van der Waals surface area contributed by atoms with E-state index in [-0.39, 0.29) is 12.0 Å². The fourth-order valence-corrected chi connectivity index (χ4v) is 3.74. The highest BCUT2D eigenvalue weighted by molar-refractivity contribution is 5.71. The third-order valence-electron chi connectivity index (χ3n) is 5.00. The van der Waals surface area contributed by atoms with Crippen molar-refractivity contribution in [1.29, 1.82) is 0 Å². The van der Waals surface area contributed by atoms with Gasteiger partial charge >= 0.3 is 5.97 Å². The Hall–Kier alpha value is -2.11. The summed E-state index contributed by atoms with van der Waals surface area (Å²) in [6, 6.07) is 4.35. The largest absolute Gasteiger partial charge is 0.466 e. The number of fused-ring (bicyclic) bond motifs is 1. The molecular weight excluding hydrogens is 328 g/mol. The zero-order valence-corrected chi connectivity index (χ0v) is 16.2. The maximum Gasteiger partial charge on any atom is 0.307 e. The highest BCUT2D eigenvalue weighted by atomic mass is 16.5. The summed E-state index contributed by atoms with van der Waals surface area (Å²) in [5, 5.41) is 4.81. The molecule has 6 nitrogen and oxygen atoms in total. The quantitative estimate of drug-likeness (QED) is 0.707. The number of nitrogens with zero attached hydrogens (tertiary/aromatic N) is 4. The molecule has 2 aromatic heterocycles. The first-order valence-corrected chi connectivity index (χ1v) is 9.91. The molecule has 1 unspecified atom stereocenters. The molecule has 0 saturated carbocycles. The Bertz CT molecular complexity index is 756. The number of anilines is 1. The second-order valence-corrected chi connectivity index (χ2v) is 7.12. The standard InChI is InChI=1S/C20H30N4O2/c1-4-6-9-16-13-18-21-15(3)12-19(24(18)22-16)23-11-8-7-10-17(23)14-20(25)26-5-2/h12-13,17H,4-11,14H2,1-3H3. The third-order valence-corrected chi connectivity index (χ3v) is 5.00. The van der Waals surface area contributed by atoms with Gasteiger partial charge in [0.25, 0.3) is 0 Å². The molecule has 1 fully saturated rings. The number of hydrogen-bond acceptors (Lipinski definition) is 5. The van der Waals surface area contributed by atoms with Gasteiger partial charge in [-0.2, -0.15) is 9.61 Å². The van der Waals surface area contributed by atoms with Crippen LogP contribution >= 0.6 is 0 Å². The maximum atomic E-state index is 12.1. The monoisotopic (exact) mass is 358 g/mol. The van der Waals surface area contributed by atoms with Crippen molar-refractivity contribution >= 4 is 17.4 Å². The molecule has 6 heteroatoms. The number of aryl methyl sites for hydroxylation is 2. The summed E-state index contributed by atoms with van der Waals surface area (Å²) in [5.41, 5.74) is 2.96. The molecule has 0 radical (unpaired) electrons. The van der Waals surface area contributed by atoms with Crippen LogP contribution in [0.5, 0.6) is 0 Å². The lowest BCUT2D eigenvalue weighted by atomic mass is 9.99. The topological polar surface area (TPSA) is 59.7 Å². The Balaban J connectivity index is 1.92. The number of rotatable bonds is 7.